The highest BCUT2D eigenvalue weighted by Gasteiger charge is 2.58. The van der Waals surface area contributed by atoms with E-state index >= 15 is 0 Å². The predicted molar refractivity (Wildman–Crippen MR) is 127 cm³/mol. The van der Waals surface area contributed by atoms with Gasteiger partial charge in [0, 0.05) is 22.0 Å². The van der Waals surface area contributed by atoms with E-state index in [2.05, 4.69) is 60.3 Å². The second-order valence-electron chi connectivity index (χ2n) is 10.9. The average molecular weight is 437 g/mol. The highest BCUT2D eigenvalue weighted by atomic mass is 16.1. The third-order valence-electron chi connectivity index (χ3n) is 9.48. The lowest BCUT2D eigenvalue weighted by Crippen LogP contribution is -2.50. The van der Waals surface area contributed by atoms with Crippen molar-refractivity contribution in [2.75, 3.05) is 0 Å². The van der Waals surface area contributed by atoms with Gasteiger partial charge in [0.1, 0.15) is 6.33 Å². The lowest BCUT2D eigenvalue weighted by atomic mass is 9.48. The van der Waals surface area contributed by atoms with Gasteiger partial charge in [-0.2, -0.15) is 14.6 Å². The van der Waals surface area contributed by atoms with E-state index in [-0.39, 0.29) is 16.6 Å². The Morgan fingerprint density at radius 3 is 2.79 bits per heavy atom. The zero-order valence-corrected chi connectivity index (χ0v) is 19.2. The van der Waals surface area contributed by atoms with Gasteiger partial charge in [-0.25, -0.2) is 4.98 Å². The Morgan fingerprint density at radius 1 is 1.09 bits per heavy atom. The summed E-state index contributed by atoms with van der Waals surface area (Å²) in [5.41, 5.74) is 6.35. The minimum atomic E-state index is 0.0127. The van der Waals surface area contributed by atoms with Gasteiger partial charge in [0.2, 0.25) is 0 Å². The quantitative estimate of drug-likeness (QED) is 0.532. The Bertz CT molecular complexity index is 1370. The molecular weight excluding hydrogens is 408 g/mol. The van der Waals surface area contributed by atoms with Gasteiger partial charge in [0.15, 0.2) is 5.78 Å². The number of carbonyl (C=O) groups excluding carboxylic acids is 1. The Kier molecular flexibility index (Phi) is 3.82. The maximum absolute atomic E-state index is 12.1. The maximum atomic E-state index is 12.1. The van der Waals surface area contributed by atoms with Crippen LogP contribution < -0.4 is 0 Å². The first-order chi connectivity index (χ1) is 16.0. The number of carbonyl (C=O) groups is 1. The molecule has 2 heterocycles. The molecule has 166 valence electrons. The molecule has 33 heavy (non-hydrogen) atoms. The summed E-state index contributed by atoms with van der Waals surface area (Å²) in [5.74, 6) is 2.62. The Balaban J connectivity index is 1.37. The van der Waals surface area contributed by atoms with Gasteiger partial charge in [-0.3, -0.25) is 4.79 Å². The van der Waals surface area contributed by atoms with Gasteiger partial charge in [-0.15, -0.1) is 0 Å². The molecule has 0 radical (unpaired) electrons. The summed E-state index contributed by atoms with van der Waals surface area (Å²) < 4.78 is 1.94. The standard InChI is InChI=1S/C28H28N4O/c1-27-12-10-19(33)14-18(27)8-9-20-22(27)11-13-28(2)23(20)15-21-24(17-6-4-3-5-7-17)32-26(29-16-30-32)31-25(21)28/h3-7,10,12,14,16,20,22-23H,8-9,11,13,15H2,1-2H3/t20-,22+,23+,27+,28+/m1/s1. The van der Waals surface area contributed by atoms with Crippen molar-refractivity contribution < 1.29 is 4.79 Å². The molecule has 2 saturated carbocycles. The lowest BCUT2D eigenvalue weighted by Gasteiger charge is -2.56. The van der Waals surface area contributed by atoms with E-state index in [0.29, 0.717) is 23.5 Å². The summed E-state index contributed by atoms with van der Waals surface area (Å²) in [7, 11) is 0. The predicted octanol–water partition coefficient (Wildman–Crippen LogP) is 5.11. The highest BCUT2D eigenvalue weighted by Crippen LogP contribution is 2.64. The van der Waals surface area contributed by atoms with Gasteiger partial charge in [0.25, 0.3) is 5.78 Å². The van der Waals surface area contributed by atoms with Crippen LogP contribution in [-0.2, 0) is 16.6 Å². The van der Waals surface area contributed by atoms with E-state index in [9.17, 15) is 4.79 Å². The second-order valence-corrected chi connectivity index (χ2v) is 10.9. The van der Waals surface area contributed by atoms with E-state index in [1.165, 1.54) is 28.8 Å². The number of benzene rings is 1. The molecule has 0 amide bonds. The van der Waals surface area contributed by atoms with Crippen LogP contribution in [0.5, 0.6) is 0 Å². The molecule has 7 rings (SSSR count). The third-order valence-corrected chi connectivity index (χ3v) is 9.48. The van der Waals surface area contributed by atoms with Crippen LogP contribution in [0.1, 0.15) is 50.8 Å². The monoisotopic (exact) mass is 436 g/mol. The van der Waals surface area contributed by atoms with Crippen LogP contribution in [-0.4, -0.2) is 25.4 Å². The maximum Gasteiger partial charge on any atom is 0.252 e. The number of fused-ring (bicyclic) bond motifs is 8. The number of hydrogen-bond acceptors (Lipinski definition) is 4. The zero-order valence-electron chi connectivity index (χ0n) is 19.2. The minimum absolute atomic E-state index is 0.0127. The smallest absolute Gasteiger partial charge is 0.252 e. The summed E-state index contributed by atoms with van der Waals surface area (Å²) in [6.07, 6.45) is 13.1. The fourth-order valence-electron chi connectivity index (χ4n) is 7.84. The molecule has 0 N–H and O–H groups in total. The Morgan fingerprint density at radius 2 is 1.94 bits per heavy atom. The van der Waals surface area contributed by atoms with Crippen LogP contribution in [0.3, 0.4) is 0 Å². The van der Waals surface area contributed by atoms with Gasteiger partial charge in [-0.1, -0.05) is 55.8 Å². The van der Waals surface area contributed by atoms with Gasteiger partial charge in [-0.05, 0) is 62.0 Å². The molecule has 0 unspecified atom stereocenters. The van der Waals surface area contributed by atoms with Crippen molar-refractivity contribution in [2.45, 2.75) is 51.4 Å². The van der Waals surface area contributed by atoms with Crippen molar-refractivity contribution in [1.29, 1.82) is 0 Å². The van der Waals surface area contributed by atoms with E-state index in [1.54, 1.807) is 12.4 Å². The molecule has 2 aromatic heterocycles. The molecule has 0 saturated heterocycles. The molecule has 3 aromatic rings. The summed E-state index contributed by atoms with van der Waals surface area (Å²) in [5, 5.41) is 4.56. The van der Waals surface area contributed by atoms with Gasteiger partial charge >= 0.3 is 0 Å². The Hall–Kier alpha value is -3.08. The van der Waals surface area contributed by atoms with Crippen molar-refractivity contribution in [2.24, 2.45) is 23.2 Å². The molecule has 0 bridgehead atoms. The topological polar surface area (TPSA) is 60.2 Å². The molecule has 1 aromatic carbocycles. The normalized spacial score (nSPS) is 34.4. The van der Waals surface area contributed by atoms with Gasteiger partial charge < -0.3 is 0 Å². The lowest BCUT2D eigenvalue weighted by molar-refractivity contribution is -0.111. The molecule has 0 aliphatic heterocycles. The van der Waals surface area contributed by atoms with Crippen molar-refractivity contribution in [3.8, 4) is 11.3 Å². The van der Waals surface area contributed by atoms with Crippen molar-refractivity contribution in [3.05, 3.63) is 71.7 Å². The minimum Gasteiger partial charge on any atom is -0.290 e. The zero-order chi connectivity index (χ0) is 22.4. The Labute approximate surface area is 193 Å². The van der Waals surface area contributed by atoms with Crippen LogP contribution in [0.15, 0.2) is 60.5 Å². The van der Waals surface area contributed by atoms with Gasteiger partial charge in [0.05, 0.1) is 11.4 Å². The van der Waals surface area contributed by atoms with E-state index in [0.717, 1.165) is 31.4 Å². The fourth-order valence-corrected chi connectivity index (χ4v) is 7.84. The van der Waals surface area contributed by atoms with Crippen LogP contribution in [0.25, 0.3) is 17.0 Å². The molecule has 2 fully saturated rings. The summed E-state index contributed by atoms with van der Waals surface area (Å²) in [6.45, 7) is 4.82. The SMILES string of the molecule is C[C@]12C=CC(=O)C=C1CC[C@@H]1[C@@H]2CC[C@]2(C)c3nc4ncnn4c(-c4ccccc4)c3C[C@@H]12. The van der Waals surface area contributed by atoms with Crippen LogP contribution in [0.2, 0.25) is 0 Å². The van der Waals surface area contributed by atoms with E-state index in [4.69, 9.17) is 4.98 Å². The largest absolute Gasteiger partial charge is 0.290 e. The molecule has 0 spiro atoms. The van der Waals surface area contributed by atoms with Crippen LogP contribution in [0.4, 0.5) is 0 Å². The first kappa shape index (κ1) is 19.4. The summed E-state index contributed by atoms with van der Waals surface area (Å²) in [6, 6.07) is 10.6. The molecule has 4 aliphatic carbocycles. The summed E-state index contributed by atoms with van der Waals surface area (Å²) in [4.78, 5) is 21.7. The molecule has 5 heteroatoms. The fraction of sp³-hybridized carbons (Fsp3) is 0.429. The number of ketones is 1. The number of rotatable bonds is 1. The van der Waals surface area contributed by atoms with Crippen LogP contribution >= 0.6 is 0 Å². The molecule has 5 nitrogen and oxygen atoms in total. The average Bonchev–Trinajstić information content (AvgIpc) is 3.41. The molecule has 4 aliphatic rings. The van der Waals surface area contributed by atoms with Crippen molar-refractivity contribution in [1.82, 2.24) is 19.6 Å². The second kappa shape index (κ2) is 6.49. The first-order valence-corrected chi connectivity index (χ1v) is 12.2. The van der Waals surface area contributed by atoms with Crippen molar-refractivity contribution in [3.63, 3.8) is 0 Å². The van der Waals surface area contributed by atoms with E-state index in [1.807, 2.05) is 10.6 Å². The molecular formula is C28H28N4O. The van der Waals surface area contributed by atoms with Crippen molar-refractivity contribution >= 4 is 11.6 Å². The number of nitrogens with zero attached hydrogens (tertiary/aromatic N) is 4. The van der Waals surface area contributed by atoms with E-state index < -0.39 is 0 Å². The number of aromatic nitrogens is 4. The number of hydrogen-bond donors (Lipinski definition) is 0. The highest BCUT2D eigenvalue weighted by molar-refractivity contribution is 6.01. The molecule has 5 atom stereocenters. The third kappa shape index (κ3) is 2.48. The number of allylic oxidation sites excluding steroid dienone is 4. The first-order valence-electron chi connectivity index (χ1n) is 12.2. The van der Waals surface area contributed by atoms with Crippen LogP contribution in [0, 0.1) is 23.2 Å². The summed E-state index contributed by atoms with van der Waals surface area (Å²) >= 11 is 0.